The molecule has 0 fully saturated rings. The molecule has 2 aromatic carbocycles. The number of aromatic nitrogens is 1. The highest BCUT2D eigenvalue weighted by atomic mass is 35.5. The van der Waals surface area contributed by atoms with Crippen LogP contribution in [0.1, 0.15) is 25.2 Å². The van der Waals surface area contributed by atoms with E-state index in [0.717, 1.165) is 5.39 Å². The van der Waals surface area contributed by atoms with Crippen LogP contribution in [0.25, 0.3) is 10.9 Å². The number of nitrogens with zero attached hydrogens (tertiary/aromatic N) is 1. The second-order valence-corrected chi connectivity index (χ2v) is 8.83. The van der Waals surface area contributed by atoms with Gasteiger partial charge in [0.25, 0.3) is 0 Å². The van der Waals surface area contributed by atoms with E-state index in [9.17, 15) is 8.96 Å². The molecule has 0 saturated carbocycles. The minimum Gasteiger partial charge on any atom is -0.497 e. The van der Waals surface area contributed by atoms with Crippen molar-refractivity contribution in [3.8, 4) is 5.75 Å². The zero-order valence-corrected chi connectivity index (χ0v) is 18.5. The van der Waals surface area contributed by atoms with Crippen LogP contribution >= 0.6 is 19.2 Å². The topological polar surface area (TPSA) is 69.7 Å². The van der Waals surface area contributed by atoms with E-state index in [1.54, 1.807) is 51.3 Å². The van der Waals surface area contributed by atoms with Crippen LogP contribution in [0, 0.1) is 5.82 Å². The Morgan fingerprint density at radius 3 is 2.50 bits per heavy atom. The molecule has 1 heterocycles. The third kappa shape index (κ3) is 4.93. The molecule has 0 aliphatic carbocycles. The van der Waals surface area contributed by atoms with E-state index in [-0.39, 0.29) is 18.4 Å². The van der Waals surface area contributed by atoms with Crippen LogP contribution in [-0.4, -0.2) is 25.3 Å². The summed E-state index contributed by atoms with van der Waals surface area (Å²) in [6.45, 7) is 3.76. The van der Waals surface area contributed by atoms with Crippen molar-refractivity contribution >= 4 is 35.8 Å². The lowest BCUT2D eigenvalue weighted by molar-refractivity contribution is 0.214. The first-order valence-electron chi connectivity index (χ1n) is 9.45. The lowest BCUT2D eigenvalue weighted by Gasteiger charge is -2.28. The number of hydrogen-bond donors (Lipinski definition) is 1. The maximum atomic E-state index is 13.7. The molecule has 0 amide bonds. The first kappa shape index (κ1) is 22.5. The van der Waals surface area contributed by atoms with Gasteiger partial charge in [-0.15, -0.1) is 0 Å². The number of anilines is 1. The predicted octanol–water partition coefficient (Wildman–Crippen LogP) is 6.41. The van der Waals surface area contributed by atoms with Crippen molar-refractivity contribution < 1.29 is 22.7 Å². The van der Waals surface area contributed by atoms with E-state index in [1.807, 2.05) is 6.07 Å². The molecule has 160 valence electrons. The Hall–Kier alpha value is -2.18. The Kier molecular flexibility index (Phi) is 7.32. The number of rotatable bonds is 9. The fourth-order valence-corrected chi connectivity index (χ4v) is 5.34. The Bertz CT molecular complexity index is 1070. The zero-order chi connectivity index (χ0) is 21.7. The molecule has 1 unspecified atom stereocenters. The number of benzene rings is 2. The molecule has 1 aromatic heterocycles. The Morgan fingerprint density at radius 1 is 1.13 bits per heavy atom. The summed E-state index contributed by atoms with van der Waals surface area (Å²) in [7, 11) is -2.17. The Balaban J connectivity index is 2.15. The van der Waals surface area contributed by atoms with Gasteiger partial charge in [0.05, 0.1) is 25.8 Å². The molecule has 3 aromatic rings. The Morgan fingerprint density at radius 2 is 1.87 bits per heavy atom. The summed E-state index contributed by atoms with van der Waals surface area (Å²) < 4.78 is 43.8. The Labute approximate surface area is 179 Å². The highest BCUT2D eigenvalue weighted by molar-refractivity contribution is 7.54. The third-order valence-corrected chi connectivity index (χ3v) is 6.94. The molecular formula is C21H23ClFN2O4P. The van der Waals surface area contributed by atoms with Crippen LogP contribution in [0.2, 0.25) is 5.15 Å². The molecule has 30 heavy (non-hydrogen) atoms. The van der Waals surface area contributed by atoms with Crippen molar-refractivity contribution in [1.29, 1.82) is 0 Å². The number of ether oxygens (including phenoxy) is 1. The van der Waals surface area contributed by atoms with Gasteiger partial charge in [0.2, 0.25) is 0 Å². The van der Waals surface area contributed by atoms with Crippen molar-refractivity contribution in [2.75, 3.05) is 25.6 Å². The fraction of sp³-hybridized carbons (Fsp3) is 0.286. The van der Waals surface area contributed by atoms with Crippen LogP contribution in [-0.2, 0) is 13.6 Å². The molecular weight excluding hydrogens is 430 g/mol. The molecule has 0 radical (unpaired) electrons. The van der Waals surface area contributed by atoms with Crippen LogP contribution in [0.15, 0.2) is 48.5 Å². The fourth-order valence-electron chi connectivity index (χ4n) is 3.07. The third-order valence-electron chi connectivity index (χ3n) is 4.36. The van der Waals surface area contributed by atoms with Crippen LogP contribution in [0.3, 0.4) is 0 Å². The molecule has 3 rings (SSSR count). The summed E-state index contributed by atoms with van der Waals surface area (Å²) >= 11 is 6.50. The predicted molar refractivity (Wildman–Crippen MR) is 117 cm³/mol. The van der Waals surface area contributed by atoms with E-state index in [0.29, 0.717) is 22.5 Å². The second kappa shape index (κ2) is 9.75. The van der Waals surface area contributed by atoms with Gasteiger partial charge < -0.3 is 19.1 Å². The highest BCUT2D eigenvalue weighted by Gasteiger charge is 2.39. The number of methoxy groups -OCH3 is 1. The average molecular weight is 453 g/mol. The molecule has 6 nitrogen and oxygen atoms in total. The van der Waals surface area contributed by atoms with E-state index in [2.05, 4.69) is 10.3 Å². The smallest absolute Gasteiger partial charge is 0.357 e. The van der Waals surface area contributed by atoms with Gasteiger partial charge >= 0.3 is 7.60 Å². The summed E-state index contributed by atoms with van der Waals surface area (Å²) in [5, 5.41) is 3.97. The molecule has 0 saturated heterocycles. The van der Waals surface area contributed by atoms with Crippen LogP contribution in [0.4, 0.5) is 10.1 Å². The van der Waals surface area contributed by atoms with Gasteiger partial charge in [0.15, 0.2) is 5.78 Å². The van der Waals surface area contributed by atoms with Crippen molar-refractivity contribution in [3.05, 3.63) is 65.1 Å². The van der Waals surface area contributed by atoms with Crippen molar-refractivity contribution in [2.45, 2.75) is 19.6 Å². The minimum atomic E-state index is -3.73. The molecule has 0 bridgehead atoms. The van der Waals surface area contributed by atoms with E-state index in [4.69, 9.17) is 25.4 Å². The quantitative estimate of drug-likeness (QED) is 0.299. The molecule has 9 heteroatoms. The molecule has 0 aliphatic rings. The minimum absolute atomic E-state index is 0.129. The zero-order valence-electron chi connectivity index (χ0n) is 16.9. The maximum absolute atomic E-state index is 13.7. The first-order chi connectivity index (χ1) is 14.4. The van der Waals surface area contributed by atoms with Gasteiger partial charge in [-0.1, -0.05) is 17.7 Å². The SMILES string of the molecule is CCOP(=O)(OCC)C(Nc1cccc(F)c1)c1cc2ccc(OC)cc2nc1Cl. The number of hydrogen-bond acceptors (Lipinski definition) is 6. The number of nitrogens with one attached hydrogen (secondary N) is 1. The lowest BCUT2D eigenvalue weighted by atomic mass is 10.1. The van der Waals surface area contributed by atoms with Gasteiger partial charge in [-0.2, -0.15) is 0 Å². The summed E-state index contributed by atoms with van der Waals surface area (Å²) in [6.07, 6.45) is 0. The van der Waals surface area contributed by atoms with E-state index in [1.165, 1.54) is 12.1 Å². The number of pyridine rings is 1. The first-order valence-corrected chi connectivity index (χ1v) is 11.4. The largest absolute Gasteiger partial charge is 0.497 e. The molecule has 1 N–H and O–H groups in total. The summed E-state index contributed by atoms with van der Waals surface area (Å²) in [4.78, 5) is 4.44. The van der Waals surface area contributed by atoms with Gasteiger partial charge in [-0.25, -0.2) is 9.37 Å². The normalized spacial score (nSPS) is 12.7. The molecule has 0 aliphatic heterocycles. The lowest BCUT2D eigenvalue weighted by Crippen LogP contribution is -2.16. The van der Waals surface area contributed by atoms with E-state index >= 15 is 0 Å². The van der Waals surface area contributed by atoms with Crippen LogP contribution in [0.5, 0.6) is 5.75 Å². The number of fused-ring (bicyclic) bond motifs is 1. The average Bonchev–Trinajstić information content (AvgIpc) is 2.71. The van der Waals surface area contributed by atoms with Crippen molar-refractivity contribution in [1.82, 2.24) is 4.98 Å². The van der Waals surface area contributed by atoms with Gasteiger partial charge in [0, 0.05) is 22.7 Å². The number of halogens is 2. The highest BCUT2D eigenvalue weighted by Crippen LogP contribution is 2.61. The van der Waals surface area contributed by atoms with Gasteiger partial charge in [0.1, 0.15) is 16.7 Å². The summed E-state index contributed by atoms with van der Waals surface area (Å²) in [6, 6.07) is 13.0. The van der Waals surface area contributed by atoms with Gasteiger partial charge in [-0.3, -0.25) is 4.57 Å². The summed E-state index contributed by atoms with van der Waals surface area (Å²) in [5.74, 6) is -0.788. The molecule has 1 atom stereocenters. The molecule has 0 spiro atoms. The summed E-state index contributed by atoms with van der Waals surface area (Å²) in [5.41, 5.74) is 1.45. The monoisotopic (exact) mass is 452 g/mol. The van der Waals surface area contributed by atoms with E-state index < -0.39 is 19.2 Å². The van der Waals surface area contributed by atoms with Crippen molar-refractivity contribution in [2.24, 2.45) is 0 Å². The maximum Gasteiger partial charge on any atom is 0.357 e. The van der Waals surface area contributed by atoms with Gasteiger partial charge in [-0.05, 0) is 50.2 Å². The van der Waals surface area contributed by atoms with Crippen LogP contribution < -0.4 is 10.1 Å². The standard InChI is InChI=1S/C21H23ClFN2O4P/c1-4-28-30(26,29-5-2)21(24-16-8-6-7-15(23)12-16)18-11-14-9-10-17(27-3)13-19(14)25-20(18)22/h6-13,21,24H,4-5H2,1-3H3. The van der Waals surface area contributed by atoms with Crippen molar-refractivity contribution in [3.63, 3.8) is 0 Å². The second-order valence-electron chi connectivity index (χ2n) is 6.36.